The number of nitrogens with zero attached hydrogens (tertiary/aromatic N) is 1. The van der Waals surface area contributed by atoms with Crippen molar-refractivity contribution in [2.24, 2.45) is 0 Å². The summed E-state index contributed by atoms with van der Waals surface area (Å²) < 4.78 is 35.5. The maximum Gasteiger partial charge on any atom is 0.390 e. The van der Waals surface area contributed by atoms with Crippen LogP contribution in [0.3, 0.4) is 0 Å². The predicted octanol–water partition coefficient (Wildman–Crippen LogP) is 1.26. The molecule has 0 aliphatic carbocycles. The maximum atomic E-state index is 11.8. The van der Waals surface area contributed by atoms with E-state index in [1.807, 2.05) is 0 Å². The molecule has 0 aliphatic rings. The molecule has 0 saturated carbocycles. The van der Waals surface area contributed by atoms with Gasteiger partial charge in [-0.05, 0) is 0 Å². The lowest BCUT2D eigenvalue weighted by atomic mass is 10.3. The van der Waals surface area contributed by atoms with Crippen molar-refractivity contribution in [2.45, 2.75) is 25.9 Å². The zero-order chi connectivity index (χ0) is 12.1. The zero-order valence-electron chi connectivity index (χ0n) is 8.17. The number of carbonyl (C=O) groups is 2. The van der Waals surface area contributed by atoms with Crippen molar-refractivity contribution >= 4 is 11.9 Å². The molecular formula is C8H12F3NO3. The van der Waals surface area contributed by atoms with Crippen LogP contribution in [0, 0.1) is 0 Å². The fraction of sp³-hybridized carbons (Fsp3) is 0.750. The number of amides is 1. The standard InChI is InChI=1S/C8H12F3NO3/c1-6(13)12(4-2-7(14)15)5-3-8(9,10)11/h2-5H2,1H3,(H,14,15). The van der Waals surface area contributed by atoms with Crippen LogP contribution >= 0.6 is 0 Å². The van der Waals surface area contributed by atoms with Gasteiger partial charge in [-0.3, -0.25) is 9.59 Å². The predicted molar refractivity (Wildman–Crippen MR) is 45.2 cm³/mol. The van der Waals surface area contributed by atoms with Gasteiger partial charge in [-0.1, -0.05) is 0 Å². The minimum atomic E-state index is -4.34. The molecule has 7 heteroatoms. The Morgan fingerprint density at radius 3 is 2.13 bits per heavy atom. The van der Waals surface area contributed by atoms with Crippen LogP contribution in [0.25, 0.3) is 0 Å². The Hall–Kier alpha value is -1.27. The van der Waals surface area contributed by atoms with Crippen molar-refractivity contribution in [2.75, 3.05) is 13.1 Å². The summed E-state index contributed by atoms with van der Waals surface area (Å²) in [7, 11) is 0. The largest absolute Gasteiger partial charge is 0.481 e. The summed E-state index contributed by atoms with van der Waals surface area (Å²) >= 11 is 0. The van der Waals surface area contributed by atoms with E-state index in [9.17, 15) is 22.8 Å². The van der Waals surface area contributed by atoms with E-state index in [4.69, 9.17) is 5.11 Å². The number of rotatable bonds is 5. The molecule has 0 rings (SSSR count). The molecule has 0 heterocycles. The molecule has 0 spiro atoms. The van der Waals surface area contributed by atoms with Gasteiger partial charge in [0, 0.05) is 20.0 Å². The van der Waals surface area contributed by atoms with Crippen molar-refractivity contribution in [3.8, 4) is 0 Å². The van der Waals surface area contributed by atoms with E-state index >= 15 is 0 Å². The van der Waals surface area contributed by atoms with Gasteiger partial charge in [0.15, 0.2) is 0 Å². The van der Waals surface area contributed by atoms with E-state index in [2.05, 4.69) is 0 Å². The number of hydrogen-bond acceptors (Lipinski definition) is 2. The van der Waals surface area contributed by atoms with Crippen molar-refractivity contribution in [3.05, 3.63) is 0 Å². The number of hydrogen-bond donors (Lipinski definition) is 1. The lowest BCUT2D eigenvalue weighted by Crippen LogP contribution is -2.34. The summed E-state index contributed by atoms with van der Waals surface area (Å²) in [6, 6.07) is 0. The third-order valence-electron chi connectivity index (χ3n) is 1.71. The summed E-state index contributed by atoms with van der Waals surface area (Å²) in [6.45, 7) is 0.422. The molecule has 0 bridgehead atoms. The maximum absolute atomic E-state index is 11.8. The van der Waals surface area contributed by atoms with Gasteiger partial charge < -0.3 is 10.0 Å². The Kier molecular flexibility index (Phi) is 5.10. The number of carboxylic acid groups (broad SMARTS) is 1. The van der Waals surface area contributed by atoms with Gasteiger partial charge in [-0.25, -0.2) is 0 Å². The quantitative estimate of drug-likeness (QED) is 0.769. The molecule has 0 aliphatic heterocycles. The summed E-state index contributed by atoms with van der Waals surface area (Å²) in [5.41, 5.74) is 0. The summed E-state index contributed by atoms with van der Waals surface area (Å²) in [6.07, 6.45) is -5.81. The van der Waals surface area contributed by atoms with Crippen molar-refractivity contribution in [1.29, 1.82) is 0 Å². The Morgan fingerprint density at radius 1 is 1.27 bits per heavy atom. The van der Waals surface area contributed by atoms with Gasteiger partial charge in [0.1, 0.15) is 0 Å². The van der Waals surface area contributed by atoms with Crippen LogP contribution in [-0.4, -0.2) is 41.1 Å². The van der Waals surface area contributed by atoms with Crippen LogP contribution in [0.2, 0.25) is 0 Å². The zero-order valence-corrected chi connectivity index (χ0v) is 8.17. The van der Waals surface area contributed by atoms with E-state index in [1.165, 1.54) is 0 Å². The van der Waals surface area contributed by atoms with E-state index in [-0.39, 0.29) is 13.0 Å². The molecule has 1 amide bonds. The molecule has 0 fully saturated rings. The average Bonchev–Trinajstić information content (AvgIpc) is 2.00. The first kappa shape index (κ1) is 13.7. The van der Waals surface area contributed by atoms with Crippen molar-refractivity contribution in [1.82, 2.24) is 4.90 Å². The molecule has 0 aromatic carbocycles. The fourth-order valence-corrected chi connectivity index (χ4v) is 0.919. The summed E-state index contributed by atoms with van der Waals surface area (Å²) in [4.78, 5) is 21.9. The van der Waals surface area contributed by atoms with Crippen LogP contribution in [0.5, 0.6) is 0 Å². The first-order valence-corrected chi connectivity index (χ1v) is 4.26. The minimum Gasteiger partial charge on any atom is -0.481 e. The Labute approximate surface area is 84.7 Å². The van der Waals surface area contributed by atoms with Crippen LogP contribution in [0.4, 0.5) is 13.2 Å². The SMILES string of the molecule is CC(=O)N(CCC(=O)O)CCC(F)(F)F. The minimum absolute atomic E-state index is 0.194. The van der Waals surface area contributed by atoms with E-state index < -0.39 is 31.0 Å². The highest BCUT2D eigenvalue weighted by molar-refractivity contribution is 5.74. The van der Waals surface area contributed by atoms with E-state index in [0.29, 0.717) is 0 Å². The fourth-order valence-electron chi connectivity index (χ4n) is 0.919. The Balaban J connectivity index is 4.06. The monoisotopic (exact) mass is 227 g/mol. The topological polar surface area (TPSA) is 57.6 Å². The summed E-state index contributed by atoms with van der Waals surface area (Å²) in [5.74, 6) is -1.70. The van der Waals surface area contributed by atoms with Crippen LogP contribution < -0.4 is 0 Å². The molecular weight excluding hydrogens is 215 g/mol. The van der Waals surface area contributed by atoms with Gasteiger partial charge in [0.2, 0.25) is 5.91 Å². The highest BCUT2D eigenvalue weighted by Gasteiger charge is 2.28. The molecule has 15 heavy (non-hydrogen) atoms. The average molecular weight is 227 g/mol. The number of halogens is 3. The lowest BCUT2D eigenvalue weighted by Gasteiger charge is -2.20. The van der Waals surface area contributed by atoms with Crippen molar-refractivity contribution in [3.63, 3.8) is 0 Å². The smallest absolute Gasteiger partial charge is 0.390 e. The number of alkyl halides is 3. The highest BCUT2D eigenvalue weighted by Crippen LogP contribution is 2.19. The van der Waals surface area contributed by atoms with Gasteiger partial charge in [-0.15, -0.1) is 0 Å². The first-order valence-electron chi connectivity index (χ1n) is 4.26. The molecule has 1 N–H and O–H groups in total. The van der Waals surface area contributed by atoms with Gasteiger partial charge in [0.05, 0.1) is 12.8 Å². The summed E-state index contributed by atoms with van der Waals surface area (Å²) in [5, 5.41) is 8.31. The Morgan fingerprint density at radius 2 is 1.80 bits per heavy atom. The molecule has 0 radical (unpaired) electrons. The molecule has 88 valence electrons. The third kappa shape index (κ3) is 7.77. The molecule has 0 aromatic rings. The van der Waals surface area contributed by atoms with Gasteiger partial charge in [0.25, 0.3) is 0 Å². The molecule has 4 nitrogen and oxygen atoms in total. The molecule has 0 aromatic heterocycles. The Bertz CT molecular complexity index is 240. The first-order chi connectivity index (χ1) is 6.72. The van der Waals surface area contributed by atoms with Gasteiger partial charge in [-0.2, -0.15) is 13.2 Å². The highest BCUT2D eigenvalue weighted by atomic mass is 19.4. The van der Waals surface area contributed by atoms with E-state index in [1.54, 1.807) is 0 Å². The van der Waals surface area contributed by atoms with Crippen molar-refractivity contribution < 1.29 is 27.9 Å². The second-order valence-corrected chi connectivity index (χ2v) is 3.01. The number of carbonyl (C=O) groups excluding carboxylic acids is 1. The van der Waals surface area contributed by atoms with Gasteiger partial charge >= 0.3 is 12.1 Å². The molecule has 0 unspecified atom stereocenters. The normalized spacial score (nSPS) is 11.2. The van der Waals surface area contributed by atoms with Crippen LogP contribution in [0.15, 0.2) is 0 Å². The van der Waals surface area contributed by atoms with Crippen LogP contribution in [-0.2, 0) is 9.59 Å². The molecule has 0 saturated heterocycles. The van der Waals surface area contributed by atoms with Crippen LogP contribution in [0.1, 0.15) is 19.8 Å². The number of carboxylic acids is 1. The molecule has 0 atom stereocenters. The number of aliphatic carboxylic acids is 1. The second kappa shape index (κ2) is 5.57. The second-order valence-electron chi connectivity index (χ2n) is 3.01. The third-order valence-corrected chi connectivity index (χ3v) is 1.71. The lowest BCUT2D eigenvalue weighted by molar-refractivity contribution is -0.145. The van der Waals surface area contributed by atoms with E-state index in [0.717, 1.165) is 11.8 Å².